The fourth-order valence-electron chi connectivity index (χ4n) is 2.57. The third kappa shape index (κ3) is 6.06. The van der Waals surface area contributed by atoms with Gasteiger partial charge in [0, 0.05) is 18.5 Å². The van der Waals surface area contributed by atoms with Crippen LogP contribution in [0.15, 0.2) is 29.1 Å². The Kier molecular flexibility index (Phi) is 7.35. The number of fused-ring (bicyclic) bond motifs is 1. The van der Waals surface area contributed by atoms with Crippen molar-refractivity contribution in [2.24, 2.45) is 0 Å². The average molecular weight is 385 g/mol. The number of aryl methyl sites for hydroxylation is 1. The van der Waals surface area contributed by atoms with E-state index in [0.717, 1.165) is 19.3 Å². The fourth-order valence-corrected chi connectivity index (χ4v) is 2.57. The molecule has 6 nitrogen and oxygen atoms in total. The highest BCUT2D eigenvalue weighted by molar-refractivity contribution is 6.04. The predicted molar refractivity (Wildman–Crippen MR) is 94.7 cm³/mol. The number of rotatable bonds is 9. The van der Waals surface area contributed by atoms with Crippen LogP contribution in [0.4, 0.5) is 13.2 Å². The Morgan fingerprint density at radius 1 is 1.22 bits per heavy atom. The number of unbranched alkanes of at least 4 members (excludes halogenated alkanes) is 2. The molecule has 0 spiro atoms. The highest BCUT2D eigenvalue weighted by Crippen LogP contribution is 2.15. The van der Waals surface area contributed by atoms with Gasteiger partial charge in [-0.05, 0) is 12.5 Å². The Labute approximate surface area is 154 Å². The van der Waals surface area contributed by atoms with Gasteiger partial charge in [0.25, 0.3) is 11.5 Å². The van der Waals surface area contributed by atoms with Crippen LogP contribution in [0.25, 0.3) is 10.8 Å². The standard InChI is InChI=1S/C18H22F3N3O3/c1-2-3-6-10-24-17(26)14-8-5-4-7-13(14)15(23-24)16(25)22-9-11-27-12-18(19,20)21/h4-5,7-8H,2-3,6,9-12H2,1H3,(H,22,25). The summed E-state index contributed by atoms with van der Waals surface area (Å²) in [5.41, 5.74) is -0.204. The quantitative estimate of drug-likeness (QED) is 0.674. The van der Waals surface area contributed by atoms with Crippen LogP contribution in [0.5, 0.6) is 0 Å². The lowest BCUT2D eigenvalue weighted by Crippen LogP contribution is -2.33. The van der Waals surface area contributed by atoms with E-state index < -0.39 is 18.7 Å². The first-order valence-electron chi connectivity index (χ1n) is 8.76. The predicted octanol–water partition coefficient (Wildman–Crippen LogP) is 2.90. The number of carbonyl (C=O) groups excluding carboxylic acids is 1. The molecule has 0 bridgehead atoms. The summed E-state index contributed by atoms with van der Waals surface area (Å²) in [6, 6.07) is 6.63. The summed E-state index contributed by atoms with van der Waals surface area (Å²) in [6.45, 7) is 0.689. The Hall–Kier alpha value is -2.42. The summed E-state index contributed by atoms with van der Waals surface area (Å²) in [5, 5.41) is 7.45. The number of aromatic nitrogens is 2. The Balaban J connectivity index is 2.14. The highest BCUT2D eigenvalue weighted by Gasteiger charge is 2.27. The SMILES string of the molecule is CCCCCn1nc(C(=O)NCCOCC(F)(F)F)c2ccccc2c1=O. The van der Waals surface area contributed by atoms with Crippen molar-refractivity contribution in [3.05, 3.63) is 40.3 Å². The molecule has 27 heavy (non-hydrogen) atoms. The van der Waals surface area contributed by atoms with Gasteiger partial charge in [0.1, 0.15) is 6.61 Å². The highest BCUT2D eigenvalue weighted by atomic mass is 19.4. The van der Waals surface area contributed by atoms with E-state index in [2.05, 4.69) is 15.2 Å². The molecule has 0 aliphatic heterocycles. The van der Waals surface area contributed by atoms with Crippen LogP contribution in [0, 0.1) is 0 Å². The van der Waals surface area contributed by atoms with Gasteiger partial charge in [-0.3, -0.25) is 9.59 Å². The molecule has 1 heterocycles. The van der Waals surface area contributed by atoms with Crippen LogP contribution in [-0.4, -0.2) is 41.6 Å². The monoisotopic (exact) mass is 385 g/mol. The Bertz CT molecular complexity index is 834. The van der Waals surface area contributed by atoms with E-state index in [1.807, 2.05) is 6.92 Å². The topological polar surface area (TPSA) is 73.2 Å². The number of nitrogens with one attached hydrogen (secondary N) is 1. The number of alkyl halides is 3. The number of ether oxygens (including phenoxy) is 1. The molecular weight excluding hydrogens is 363 g/mol. The molecule has 0 aliphatic rings. The minimum atomic E-state index is -4.41. The third-order valence-electron chi connectivity index (χ3n) is 3.85. The summed E-state index contributed by atoms with van der Waals surface area (Å²) in [5.74, 6) is -0.564. The molecule has 0 saturated heterocycles. The number of benzene rings is 1. The molecule has 9 heteroatoms. The summed E-state index contributed by atoms with van der Waals surface area (Å²) in [4.78, 5) is 25.0. The van der Waals surface area contributed by atoms with Crippen molar-refractivity contribution in [1.82, 2.24) is 15.1 Å². The number of halogens is 3. The lowest BCUT2D eigenvalue weighted by Gasteiger charge is -2.12. The Morgan fingerprint density at radius 3 is 2.59 bits per heavy atom. The lowest BCUT2D eigenvalue weighted by atomic mass is 10.1. The number of nitrogens with zero attached hydrogens (tertiary/aromatic N) is 2. The van der Waals surface area contributed by atoms with Crippen molar-refractivity contribution in [3.8, 4) is 0 Å². The normalized spacial score (nSPS) is 11.7. The van der Waals surface area contributed by atoms with Gasteiger partial charge in [-0.15, -0.1) is 0 Å². The maximum Gasteiger partial charge on any atom is 0.411 e. The van der Waals surface area contributed by atoms with E-state index in [1.54, 1.807) is 24.3 Å². The van der Waals surface area contributed by atoms with E-state index in [1.165, 1.54) is 4.68 Å². The Morgan fingerprint density at radius 2 is 1.93 bits per heavy atom. The molecule has 1 aromatic heterocycles. The largest absolute Gasteiger partial charge is 0.411 e. The molecule has 0 radical (unpaired) electrons. The van der Waals surface area contributed by atoms with Gasteiger partial charge < -0.3 is 10.1 Å². The first kappa shape index (κ1) is 20.9. The maximum atomic E-state index is 12.5. The van der Waals surface area contributed by atoms with E-state index in [4.69, 9.17) is 0 Å². The summed E-state index contributed by atoms with van der Waals surface area (Å²) < 4.78 is 41.8. The van der Waals surface area contributed by atoms with Gasteiger partial charge in [-0.1, -0.05) is 38.0 Å². The first-order chi connectivity index (χ1) is 12.8. The van der Waals surface area contributed by atoms with Crippen molar-refractivity contribution in [3.63, 3.8) is 0 Å². The maximum absolute atomic E-state index is 12.5. The molecule has 2 aromatic rings. The van der Waals surface area contributed by atoms with Crippen LogP contribution in [-0.2, 0) is 11.3 Å². The molecule has 1 amide bonds. The molecule has 148 valence electrons. The minimum Gasteiger partial charge on any atom is -0.370 e. The molecule has 0 atom stereocenters. The molecule has 0 fully saturated rings. The zero-order valence-corrected chi connectivity index (χ0v) is 15.0. The minimum absolute atomic E-state index is 0.0671. The molecule has 0 saturated carbocycles. The zero-order chi connectivity index (χ0) is 19.9. The van der Waals surface area contributed by atoms with Crippen LogP contribution < -0.4 is 10.9 Å². The van der Waals surface area contributed by atoms with Gasteiger partial charge in [-0.2, -0.15) is 18.3 Å². The molecule has 2 rings (SSSR count). The van der Waals surface area contributed by atoms with Crippen molar-refractivity contribution >= 4 is 16.7 Å². The summed E-state index contributed by atoms with van der Waals surface area (Å²) >= 11 is 0. The van der Waals surface area contributed by atoms with Gasteiger partial charge >= 0.3 is 6.18 Å². The van der Waals surface area contributed by atoms with Gasteiger partial charge in [0.05, 0.1) is 12.0 Å². The molecule has 0 unspecified atom stereocenters. The molecule has 1 aromatic carbocycles. The van der Waals surface area contributed by atoms with Crippen LogP contribution in [0.1, 0.15) is 36.7 Å². The molecule has 1 N–H and O–H groups in total. The average Bonchev–Trinajstić information content (AvgIpc) is 2.62. The fraction of sp³-hybridized carbons (Fsp3) is 0.500. The molecular formula is C18H22F3N3O3. The van der Waals surface area contributed by atoms with Crippen molar-refractivity contribution < 1.29 is 22.7 Å². The van der Waals surface area contributed by atoms with Crippen LogP contribution in [0.3, 0.4) is 0 Å². The van der Waals surface area contributed by atoms with Crippen molar-refractivity contribution in [2.75, 3.05) is 19.8 Å². The lowest BCUT2D eigenvalue weighted by molar-refractivity contribution is -0.173. The van der Waals surface area contributed by atoms with E-state index >= 15 is 0 Å². The second kappa shape index (κ2) is 9.50. The van der Waals surface area contributed by atoms with Crippen LogP contribution in [0.2, 0.25) is 0 Å². The van der Waals surface area contributed by atoms with Gasteiger partial charge in [-0.25, -0.2) is 4.68 Å². The number of amides is 1. The van der Waals surface area contributed by atoms with Crippen molar-refractivity contribution in [2.45, 2.75) is 38.9 Å². The third-order valence-corrected chi connectivity index (χ3v) is 3.85. The van der Waals surface area contributed by atoms with Crippen molar-refractivity contribution in [1.29, 1.82) is 0 Å². The van der Waals surface area contributed by atoms with E-state index in [0.29, 0.717) is 17.3 Å². The van der Waals surface area contributed by atoms with Crippen LogP contribution >= 0.6 is 0 Å². The van der Waals surface area contributed by atoms with Gasteiger partial charge in [0.15, 0.2) is 5.69 Å². The second-order valence-electron chi connectivity index (χ2n) is 6.05. The number of carbonyl (C=O) groups is 1. The second-order valence-corrected chi connectivity index (χ2v) is 6.05. The smallest absolute Gasteiger partial charge is 0.370 e. The number of hydrogen-bond acceptors (Lipinski definition) is 4. The molecule has 0 aliphatic carbocycles. The van der Waals surface area contributed by atoms with E-state index in [9.17, 15) is 22.8 Å². The summed E-state index contributed by atoms with van der Waals surface area (Å²) in [7, 11) is 0. The first-order valence-corrected chi connectivity index (χ1v) is 8.76. The van der Waals surface area contributed by atoms with Gasteiger partial charge in [0.2, 0.25) is 0 Å². The summed E-state index contributed by atoms with van der Waals surface area (Å²) in [6.07, 6.45) is -1.74. The number of hydrogen-bond donors (Lipinski definition) is 1. The zero-order valence-electron chi connectivity index (χ0n) is 15.0. The van der Waals surface area contributed by atoms with E-state index in [-0.39, 0.29) is 24.4 Å².